The highest BCUT2D eigenvalue weighted by Crippen LogP contribution is 2.26. The molecule has 0 aliphatic carbocycles. The van der Waals surface area contributed by atoms with Crippen LogP contribution < -0.4 is 10.2 Å². The van der Waals surface area contributed by atoms with E-state index < -0.39 is 10.0 Å². The molecule has 1 aromatic carbocycles. The van der Waals surface area contributed by atoms with Crippen LogP contribution in [0.4, 0.5) is 0 Å². The molecular formula is C17H26Cl2N3O3S+. The van der Waals surface area contributed by atoms with Crippen LogP contribution in [0.2, 0.25) is 10.0 Å². The molecular weight excluding hydrogens is 397 g/mol. The maximum atomic E-state index is 12.7. The maximum Gasteiger partial charge on any atom is 0.275 e. The monoisotopic (exact) mass is 422 g/mol. The first-order chi connectivity index (χ1) is 12.3. The summed E-state index contributed by atoms with van der Waals surface area (Å²) in [5.74, 6) is 0.0249. The lowest BCUT2D eigenvalue weighted by Crippen LogP contribution is -3.15. The molecule has 2 rings (SSSR count). The van der Waals surface area contributed by atoms with E-state index in [2.05, 4.69) is 12.2 Å². The third-order valence-corrected chi connectivity index (χ3v) is 7.11. The molecule has 26 heavy (non-hydrogen) atoms. The van der Waals surface area contributed by atoms with Gasteiger partial charge in [0.15, 0.2) is 6.54 Å². The van der Waals surface area contributed by atoms with Crippen LogP contribution >= 0.6 is 23.2 Å². The Bertz CT molecular complexity index is 720. The number of halogens is 2. The van der Waals surface area contributed by atoms with Crippen LogP contribution in [0.1, 0.15) is 26.2 Å². The molecule has 1 heterocycles. The van der Waals surface area contributed by atoms with Gasteiger partial charge in [0.2, 0.25) is 10.0 Å². The average Bonchev–Trinajstić information content (AvgIpc) is 2.61. The zero-order chi connectivity index (χ0) is 19.2. The molecule has 1 aliphatic heterocycles. The minimum atomic E-state index is -3.60. The van der Waals surface area contributed by atoms with Crippen molar-refractivity contribution in [1.82, 2.24) is 9.62 Å². The fourth-order valence-electron chi connectivity index (χ4n) is 2.90. The Morgan fingerprint density at radius 1 is 1.19 bits per heavy atom. The van der Waals surface area contributed by atoms with Crippen LogP contribution in [-0.4, -0.2) is 57.9 Å². The van der Waals surface area contributed by atoms with Gasteiger partial charge in [-0.15, -0.1) is 0 Å². The Morgan fingerprint density at radius 3 is 2.50 bits per heavy atom. The summed E-state index contributed by atoms with van der Waals surface area (Å²) in [6, 6.07) is 4.33. The number of carbonyl (C=O) groups excluding carboxylic acids is 1. The number of rotatable bonds is 8. The van der Waals surface area contributed by atoms with Gasteiger partial charge in [-0.3, -0.25) is 4.79 Å². The van der Waals surface area contributed by atoms with Gasteiger partial charge in [0.25, 0.3) is 5.91 Å². The fraction of sp³-hybridized carbons (Fsp3) is 0.588. The molecule has 1 fully saturated rings. The molecule has 1 amide bonds. The molecule has 0 atom stereocenters. The van der Waals surface area contributed by atoms with Gasteiger partial charge in [-0.1, -0.05) is 43.0 Å². The van der Waals surface area contributed by atoms with Gasteiger partial charge in [0.05, 0.1) is 41.1 Å². The predicted octanol–water partition coefficient (Wildman–Crippen LogP) is 1.19. The van der Waals surface area contributed by atoms with Crippen molar-refractivity contribution in [3.05, 3.63) is 28.2 Å². The van der Waals surface area contributed by atoms with Crippen molar-refractivity contribution in [2.75, 3.05) is 39.3 Å². The van der Waals surface area contributed by atoms with Crippen LogP contribution in [0.3, 0.4) is 0 Å². The lowest BCUT2D eigenvalue weighted by atomic mass is 10.2. The molecule has 9 heteroatoms. The van der Waals surface area contributed by atoms with Gasteiger partial charge < -0.3 is 10.2 Å². The minimum Gasteiger partial charge on any atom is -0.351 e. The molecule has 0 spiro atoms. The van der Waals surface area contributed by atoms with E-state index in [4.69, 9.17) is 23.2 Å². The number of piperazine rings is 1. The summed E-state index contributed by atoms with van der Waals surface area (Å²) in [5.41, 5.74) is 0. The molecule has 0 aromatic heterocycles. The second kappa shape index (κ2) is 9.90. The molecule has 2 N–H and O–H groups in total. The third kappa shape index (κ3) is 5.82. The number of nitrogens with one attached hydrogen (secondary N) is 2. The third-order valence-electron chi connectivity index (χ3n) is 4.47. The Kier molecular flexibility index (Phi) is 8.16. The Labute approximate surface area is 165 Å². The van der Waals surface area contributed by atoms with Crippen molar-refractivity contribution < 1.29 is 18.1 Å². The minimum absolute atomic E-state index is 0.0249. The van der Waals surface area contributed by atoms with Crippen LogP contribution in [0, 0.1) is 0 Å². The zero-order valence-electron chi connectivity index (χ0n) is 14.9. The van der Waals surface area contributed by atoms with Crippen LogP contribution in [-0.2, 0) is 14.8 Å². The van der Waals surface area contributed by atoms with Gasteiger partial charge in [0, 0.05) is 6.54 Å². The van der Waals surface area contributed by atoms with E-state index in [0.717, 1.165) is 24.2 Å². The lowest BCUT2D eigenvalue weighted by Gasteiger charge is -2.31. The first-order valence-electron chi connectivity index (χ1n) is 8.90. The van der Waals surface area contributed by atoms with E-state index in [-0.39, 0.29) is 15.8 Å². The highest BCUT2D eigenvalue weighted by atomic mass is 35.5. The second-order valence-electron chi connectivity index (χ2n) is 6.46. The molecule has 1 saturated heterocycles. The number of unbranched alkanes of at least 4 members (excludes halogenated alkanes) is 2. The first-order valence-corrected chi connectivity index (χ1v) is 11.1. The molecule has 0 saturated carbocycles. The molecule has 1 aromatic rings. The molecule has 0 bridgehead atoms. The quantitative estimate of drug-likeness (QED) is 0.618. The van der Waals surface area contributed by atoms with Crippen LogP contribution in [0.25, 0.3) is 0 Å². The molecule has 146 valence electrons. The van der Waals surface area contributed by atoms with E-state index in [9.17, 15) is 13.2 Å². The van der Waals surface area contributed by atoms with Crippen molar-refractivity contribution in [3.8, 4) is 0 Å². The largest absolute Gasteiger partial charge is 0.351 e. The number of hydrogen-bond donors (Lipinski definition) is 2. The summed E-state index contributed by atoms with van der Waals surface area (Å²) in [6.07, 6.45) is 3.22. The van der Waals surface area contributed by atoms with Crippen molar-refractivity contribution in [2.45, 2.75) is 31.1 Å². The van der Waals surface area contributed by atoms with E-state index >= 15 is 0 Å². The standard InChI is InChI=1S/C17H25Cl2N3O3S/c1-2-3-4-7-20-17(23)13-21-8-10-22(11-9-21)26(24,25)14-5-6-15(18)16(19)12-14/h5-6,12H,2-4,7-11,13H2,1H3,(H,20,23)/p+1. The molecule has 6 nitrogen and oxygen atoms in total. The first kappa shape index (κ1) is 21.4. The number of amides is 1. The summed E-state index contributed by atoms with van der Waals surface area (Å²) in [4.78, 5) is 13.2. The van der Waals surface area contributed by atoms with Crippen molar-refractivity contribution in [1.29, 1.82) is 0 Å². The number of hydrogen-bond acceptors (Lipinski definition) is 3. The Hall–Kier alpha value is -0.860. The van der Waals surface area contributed by atoms with E-state index in [0.29, 0.717) is 44.3 Å². The second-order valence-corrected chi connectivity index (χ2v) is 9.22. The number of nitrogens with zero attached hydrogens (tertiary/aromatic N) is 1. The topological polar surface area (TPSA) is 70.9 Å². The van der Waals surface area contributed by atoms with Crippen molar-refractivity contribution in [3.63, 3.8) is 0 Å². The molecule has 0 radical (unpaired) electrons. The van der Waals surface area contributed by atoms with Crippen molar-refractivity contribution >= 4 is 39.1 Å². The normalized spacial score (nSPS) is 16.6. The number of benzene rings is 1. The smallest absolute Gasteiger partial charge is 0.275 e. The average molecular weight is 423 g/mol. The lowest BCUT2D eigenvalue weighted by molar-refractivity contribution is -0.895. The van der Waals surface area contributed by atoms with Gasteiger partial charge in [0.1, 0.15) is 0 Å². The highest BCUT2D eigenvalue weighted by Gasteiger charge is 2.31. The molecule has 1 aliphatic rings. The highest BCUT2D eigenvalue weighted by molar-refractivity contribution is 7.89. The van der Waals surface area contributed by atoms with Gasteiger partial charge in [-0.05, 0) is 24.6 Å². The van der Waals surface area contributed by atoms with Crippen LogP contribution in [0.5, 0.6) is 0 Å². The summed E-state index contributed by atoms with van der Waals surface area (Å²) in [7, 11) is -3.60. The van der Waals surface area contributed by atoms with Gasteiger partial charge in [-0.25, -0.2) is 8.42 Å². The number of sulfonamides is 1. The number of quaternary nitrogens is 1. The predicted molar refractivity (Wildman–Crippen MR) is 103 cm³/mol. The summed E-state index contributed by atoms with van der Waals surface area (Å²) >= 11 is 11.8. The van der Waals surface area contributed by atoms with Gasteiger partial charge in [-0.2, -0.15) is 4.31 Å². The summed E-state index contributed by atoms with van der Waals surface area (Å²) < 4.78 is 26.9. The van der Waals surface area contributed by atoms with E-state index in [1.807, 2.05) is 0 Å². The molecule has 0 unspecified atom stereocenters. The zero-order valence-corrected chi connectivity index (χ0v) is 17.3. The SMILES string of the molecule is CCCCCNC(=O)C[NH+]1CCN(S(=O)(=O)c2ccc(Cl)c(Cl)c2)CC1. The van der Waals surface area contributed by atoms with Crippen molar-refractivity contribution in [2.24, 2.45) is 0 Å². The van der Waals surface area contributed by atoms with Gasteiger partial charge >= 0.3 is 0 Å². The summed E-state index contributed by atoms with van der Waals surface area (Å²) in [5, 5.41) is 3.47. The van der Waals surface area contributed by atoms with E-state index in [1.165, 1.54) is 22.5 Å². The number of carbonyl (C=O) groups is 1. The van der Waals surface area contributed by atoms with E-state index in [1.54, 1.807) is 0 Å². The fourth-order valence-corrected chi connectivity index (χ4v) is 4.73. The Balaban J connectivity index is 1.85. The maximum absolute atomic E-state index is 12.7. The Morgan fingerprint density at radius 2 is 1.88 bits per heavy atom. The summed E-state index contributed by atoms with van der Waals surface area (Å²) in [6.45, 7) is 5.16. The van der Waals surface area contributed by atoms with Crippen LogP contribution in [0.15, 0.2) is 23.1 Å².